The van der Waals surface area contributed by atoms with Crippen molar-refractivity contribution in [1.82, 2.24) is 10.2 Å². The number of amides is 2. The summed E-state index contributed by atoms with van der Waals surface area (Å²) in [7, 11) is 0. The van der Waals surface area contributed by atoms with Crippen molar-refractivity contribution in [3.8, 4) is 0 Å². The molecule has 35 heavy (non-hydrogen) atoms. The second kappa shape index (κ2) is 12.5. The molecule has 2 atom stereocenters. The Bertz CT molecular complexity index is 1140. The summed E-state index contributed by atoms with van der Waals surface area (Å²) in [5, 5.41) is 3.06. The van der Waals surface area contributed by atoms with Crippen LogP contribution in [0.5, 0.6) is 0 Å². The Hall–Kier alpha value is -3.25. The maximum absolute atomic E-state index is 14.6. The van der Waals surface area contributed by atoms with Crippen LogP contribution in [0.3, 0.4) is 0 Å². The summed E-state index contributed by atoms with van der Waals surface area (Å²) in [4.78, 5) is 28.4. The minimum Gasteiger partial charge on any atom is -0.352 e. The number of halogens is 3. The molecule has 3 aromatic carbocycles. The molecule has 0 heterocycles. The number of hydrogen-bond donors (Lipinski definition) is 1. The van der Waals surface area contributed by atoms with Gasteiger partial charge in [0, 0.05) is 35.2 Å². The fraction of sp³-hybridized carbons (Fsp3) is 0.286. The first-order valence-corrected chi connectivity index (χ1v) is 12.0. The molecule has 0 saturated carbocycles. The standard InChI is InChI=1S/C28H29ClF2N2O2/c1-3-19(2)32-28(35)26(16-20-10-5-4-6-11-20)33(18-21-12-7-8-14-24(21)30)27(34)17-22-23(29)13-9-15-25(22)31/h4-15,19,26H,3,16-18H2,1-2H3,(H,32,35). The van der Waals surface area contributed by atoms with Gasteiger partial charge in [-0.3, -0.25) is 9.59 Å². The molecule has 3 rings (SSSR count). The second-order valence-electron chi connectivity index (χ2n) is 8.51. The predicted molar refractivity (Wildman–Crippen MR) is 134 cm³/mol. The Kier molecular flexibility index (Phi) is 9.38. The summed E-state index contributed by atoms with van der Waals surface area (Å²) < 4.78 is 29.1. The van der Waals surface area contributed by atoms with Gasteiger partial charge in [-0.1, -0.05) is 73.1 Å². The van der Waals surface area contributed by atoms with Crippen molar-refractivity contribution in [2.75, 3.05) is 0 Å². The number of nitrogens with one attached hydrogen (secondary N) is 1. The fourth-order valence-electron chi connectivity index (χ4n) is 3.76. The van der Waals surface area contributed by atoms with E-state index in [2.05, 4.69) is 5.32 Å². The first kappa shape index (κ1) is 26.4. The van der Waals surface area contributed by atoms with Crippen molar-refractivity contribution in [3.05, 3.63) is 106 Å². The lowest BCUT2D eigenvalue weighted by Gasteiger charge is -2.32. The van der Waals surface area contributed by atoms with E-state index in [4.69, 9.17) is 11.6 Å². The Balaban J connectivity index is 2.02. The molecule has 0 aromatic heterocycles. The van der Waals surface area contributed by atoms with Crippen LogP contribution in [-0.2, 0) is 29.0 Å². The third-order valence-corrected chi connectivity index (χ3v) is 6.31. The molecule has 1 N–H and O–H groups in total. The molecular weight excluding hydrogens is 470 g/mol. The minimum atomic E-state index is -0.941. The summed E-state index contributed by atoms with van der Waals surface area (Å²) in [5.74, 6) is -1.98. The third kappa shape index (κ3) is 7.12. The predicted octanol–water partition coefficient (Wildman–Crippen LogP) is 5.72. The first-order chi connectivity index (χ1) is 16.8. The molecule has 7 heteroatoms. The molecule has 3 aromatic rings. The highest BCUT2D eigenvalue weighted by molar-refractivity contribution is 6.31. The maximum Gasteiger partial charge on any atom is 0.243 e. The topological polar surface area (TPSA) is 49.4 Å². The van der Waals surface area contributed by atoms with Gasteiger partial charge in [0.1, 0.15) is 17.7 Å². The van der Waals surface area contributed by atoms with E-state index < -0.39 is 23.6 Å². The number of nitrogens with zero attached hydrogens (tertiary/aromatic N) is 1. The Morgan fingerprint density at radius 1 is 0.943 bits per heavy atom. The number of hydrogen-bond acceptors (Lipinski definition) is 2. The summed E-state index contributed by atoms with van der Waals surface area (Å²) in [6.07, 6.45) is 0.562. The normalized spacial score (nSPS) is 12.6. The Morgan fingerprint density at radius 2 is 1.60 bits per heavy atom. The van der Waals surface area contributed by atoms with E-state index in [1.807, 2.05) is 44.2 Å². The molecule has 0 saturated heterocycles. The van der Waals surface area contributed by atoms with Crippen molar-refractivity contribution >= 4 is 23.4 Å². The molecule has 0 radical (unpaired) electrons. The van der Waals surface area contributed by atoms with Crippen LogP contribution in [0.1, 0.15) is 37.0 Å². The lowest BCUT2D eigenvalue weighted by molar-refractivity contribution is -0.141. The molecule has 0 aliphatic heterocycles. The highest BCUT2D eigenvalue weighted by Gasteiger charge is 2.32. The van der Waals surface area contributed by atoms with Gasteiger partial charge in [-0.15, -0.1) is 0 Å². The molecule has 2 unspecified atom stereocenters. The maximum atomic E-state index is 14.6. The Morgan fingerprint density at radius 3 is 2.26 bits per heavy atom. The molecule has 0 fully saturated rings. The molecular formula is C28H29ClF2N2O2. The molecule has 0 spiro atoms. The van der Waals surface area contributed by atoms with Crippen LogP contribution in [0.25, 0.3) is 0 Å². The molecule has 184 valence electrons. The highest BCUT2D eigenvalue weighted by atomic mass is 35.5. The van der Waals surface area contributed by atoms with E-state index in [0.717, 1.165) is 5.56 Å². The van der Waals surface area contributed by atoms with Gasteiger partial charge >= 0.3 is 0 Å². The largest absolute Gasteiger partial charge is 0.352 e. The molecule has 0 aliphatic rings. The fourth-order valence-corrected chi connectivity index (χ4v) is 3.99. The number of benzene rings is 3. The summed E-state index contributed by atoms with van der Waals surface area (Å²) in [6, 6.07) is 18.5. The van der Waals surface area contributed by atoms with Gasteiger partial charge < -0.3 is 10.2 Å². The quantitative estimate of drug-likeness (QED) is 0.389. The van der Waals surface area contributed by atoms with Crippen LogP contribution in [-0.4, -0.2) is 28.8 Å². The van der Waals surface area contributed by atoms with E-state index in [-0.39, 0.29) is 47.5 Å². The minimum absolute atomic E-state index is 0.0403. The van der Waals surface area contributed by atoms with Crippen molar-refractivity contribution < 1.29 is 18.4 Å². The molecule has 0 aliphatic carbocycles. The van der Waals surface area contributed by atoms with E-state index in [1.54, 1.807) is 18.2 Å². The van der Waals surface area contributed by atoms with Gasteiger partial charge in [0.05, 0.1) is 6.42 Å². The number of carbonyl (C=O) groups excluding carboxylic acids is 2. The van der Waals surface area contributed by atoms with E-state index in [1.165, 1.54) is 29.2 Å². The first-order valence-electron chi connectivity index (χ1n) is 11.6. The zero-order valence-electron chi connectivity index (χ0n) is 19.8. The van der Waals surface area contributed by atoms with Crippen LogP contribution in [0.2, 0.25) is 5.02 Å². The van der Waals surface area contributed by atoms with Gasteiger partial charge in [0.25, 0.3) is 0 Å². The molecule has 4 nitrogen and oxygen atoms in total. The lowest BCUT2D eigenvalue weighted by atomic mass is 10.0. The van der Waals surface area contributed by atoms with Crippen LogP contribution in [0.15, 0.2) is 72.8 Å². The third-order valence-electron chi connectivity index (χ3n) is 5.96. The van der Waals surface area contributed by atoms with Crippen LogP contribution in [0, 0.1) is 11.6 Å². The summed E-state index contributed by atoms with van der Waals surface area (Å²) in [6.45, 7) is 3.67. The van der Waals surface area contributed by atoms with Crippen molar-refractivity contribution in [1.29, 1.82) is 0 Å². The smallest absolute Gasteiger partial charge is 0.243 e. The Labute approximate surface area is 209 Å². The summed E-state index contributed by atoms with van der Waals surface area (Å²) in [5.41, 5.74) is 1.14. The number of carbonyl (C=O) groups is 2. The van der Waals surface area contributed by atoms with E-state index in [0.29, 0.717) is 6.42 Å². The average Bonchev–Trinajstić information content (AvgIpc) is 2.85. The molecule has 2 amide bonds. The monoisotopic (exact) mass is 498 g/mol. The highest BCUT2D eigenvalue weighted by Crippen LogP contribution is 2.23. The van der Waals surface area contributed by atoms with Crippen LogP contribution < -0.4 is 5.32 Å². The van der Waals surface area contributed by atoms with Gasteiger partial charge in [-0.25, -0.2) is 8.78 Å². The van der Waals surface area contributed by atoms with Crippen molar-refractivity contribution in [3.63, 3.8) is 0 Å². The van der Waals surface area contributed by atoms with Crippen molar-refractivity contribution in [2.24, 2.45) is 0 Å². The number of rotatable bonds is 10. The average molecular weight is 499 g/mol. The van der Waals surface area contributed by atoms with Crippen molar-refractivity contribution in [2.45, 2.75) is 51.7 Å². The SMILES string of the molecule is CCC(C)NC(=O)C(Cc1ccccc1)N(Cc1ccccc1F)C(=O)Cc1c(F)cccc1Cl. The van der Waals surface area contributed by atoms with E-state index >= 15 is 0 Å². The van der Waals surface area contributed by atoms with Crippen LogP contribution in [0.4, 0.5) is 8.78 Å². The second-order valence-corrected chi connectivity index (χ2v) is 8.92. The van der Waals surface area contributed by atoms with Gasteiger partial charge in [-0.2, -0.15) is 0 Å². The molecule has 0 bridgehead atoms. The van der Waals surface area contributed by atoms with Crippen LogP contribution >= 0.6 is 11.6 Å². The zero-order chi connectivity index (χ0) is 25.4. The zero-order valence-corrected chi connectivity index (χ0v) is 20.6. The lowest BCUT2D eigenvalue weighted by Crippen LogP contribution is -2.52. The van der Waals surface area contributed by atoms with E-state index in [9.17, 15) is 18.4 Å². The van der Waals surface area contributed by atoms with Gasteiger partial charge in [0.15, 0.2) is 0 Å². The van der Waals surface area contributed by atoms with Gasteiger partial charge in [-0.05, 0) is 37.1 Å². The summed E-state index contributed by atoms with van der Waals surface area (Å²) >= 11 is 6.17. The van der Waals surface area contributed by atoms with Gasteiger partial charge in [0.2, 0.25) is 11.8 Å².